The van der Waals surface area contributed by atoms with Gasteiger partial charge in [0, 0.05) is 0 Å². The summed E-state index contributed by atoms with van der Waals surface area (Å²) in [7, 11) is 1.68. The maximum absolute atomic E-state index is 10.9. The first-order valence-corrected chi connectivity index (χ1v) is 6.54. The number of benzene rings is 1. The zero-order valence-electron chi connectivity index (χ0n) is 10.8. The number of hydrogen-bond acceptors (Lipinski definition) is 2. The second-order valence-corrected chi connectivity index (χ2v) is 5.11. The Bertz CT molecular complexity index is 406. The van der Waals surface area contributed by atoms with Crippen molar-refractivity contribution in [2.24, 2.45) is 11.8 Å². The van der Waals surface area contributed by atoms with E-state index in [0.717, 1.165) is 37.9 Å². The molecule has 1 aromatic carbocycles. The van der Waals surface area contributed by atoms with Gasteiger partial charge in [0.1, 0.15) is 5.75 Å². The summed E-state index contributed by atoms with van der Waals surface area (Å²) in [6.45, 7) is 0. The Morgan fingerprint density at radius 1 is 1.33 bits per heavy atom. The molecular weight excluding hydrogens is 228 g/mol. The van der Waals surface area contributed by atoms with Gasteiger partial charge in [0.2, 0.25) is 0 Å². The molecule has 0 radical (unpaired) electrons. The SMILES string of the molecule is COc1cccc(CC2CCC(C(=O)O)CC2)c1. The number of hydrogen-bond donors (Lipinski definition) is 1. The highest BCUT2D eigenvalue weighted by Gasteiger charge is 2.25. The standard InChI is InChI=1S/C15H20O3/c1-18-14-4-2-3-12(10-14)9-11-5-7-13(8-6-11)15(16)17/h2-4,10-11,13H,5-9H2,1H3,(H,16,17). The number of ether oxygens (including phenoxy) is 1. The molecule has 0 aliphatic heterocycles. The third kappa shape index (κ3) is 3.25. The second kappa shape index (κ2) is 5.89. The van der Waals surface area contributed by atoms with E-state index >= 15 is 0 Å². The van der Waals surface area contributed by atoms with Gasteiger partial charge < -0.3 is 9.84 Å². The number of carboxylic acid groups (broad SMARTS) is 1. The zero-order chi connectivity index (χ0) is 13.0. The van der Waals surface area contributed by atoms with Crippen molar-refractivity contribution < 1.29 is 14.6 Å². The minimum absolute atomic E-state index is 0.119. The topological polar surface area (TPSA) is 46.5 Å². The molecule has 1 aromatic rings. The van der Waals surface area contributed by atoms with Gasteiger partial charge in [-0.1, -0.05) is 12.1 Å². The predicted molar refractivity (Wildman–Crippen MR) is 69.8 cm³/mol. The summed E-state index contributed by atoms with van der Waals surface area (Å²) < 4.78 is 5.21. The fraction of sp³-hybridized carbons (Fsp3) is 0.533. The van der Waals surface area contributed by atoms with Crippen molar-refractivity contribution in [1.29, 1.82) is 0 Å². The first-order chi connectivity index (χ1) is 8.69. The van der Waals surface area contributed by atoms with Gasteiger partial charge in [-0.25, -0.2) is 0 Å². The summed E-state index contributed by atoms with van der Waals surface area (Å²) in [5.74, 6) is 0.765. The van der Waals surface area contributed by atoms with E-state index < -0.39 is 5.97 Å². The molecule has 1 aliphatic carbocycles. The number of carboxylic acids is 1. The molecule has 3 nitrogen and oxygen atoms in total. The van der Waals surface area contributed by atoms with Crippen LogP contribution in [0.4, 0.5) is 0 Å². The van der Waals surface area contributed by atoms with Crippen LogP contribution >= 0.6 is 0 Å². The molecule has 98 valence electrons. The lowest BCUT2D eigenvalue weighted by molar-refractivity contribution is -0.143. The van der Waals surface area contributed by atoms with E-state index in [9.17, 15) is 4.79 Å². The lowest BCUT2D eigenvalue weighted by Crippen LogP contribution is -2.22. The van der Waals surface area contributed by atoms with Crippen LogP contribution in [0.15, 0.2) is 24.3 Å². The summed E-state index contributed by atoms with van der Waals surface area (Å²) in [5, 5.41) is 8.97. The highest BCUT2D eigenvalue weighted by molar-refractivity contribution is 5.69. The van der Waals surface area contributed by atoms with E-state index in [4.69, 9.17) is 9.84 Å². The molecule has 1 aliphatic rings. The van der Waals surface area contributed by atoms with Gasteiger partial charge in [-0.05, 0) is 55.7 Å². The average Bonchev–Trinajstić information content (AvgIpc) is 2.39. The zero-order valence-corrected chi connectivity index (χ0v) is 10.8. The first kappa shape index (κ1) is 12.9. The number of rotatable bonds is 4. The average molecular weight is 248 g/mol. The Balaban J connectivity index is 1.89. The lowest BCUT2D eigenvalue weighted by atomic mass is 9.79. The maximum atomic E-state index is 10.9. The van der Waals surface area contributed by atoms with Gasteiger partial charge >= 0.3 is 5.97 Å². The predicted octanol–water partition coefficient (Wildman–Crippen LogP) is 3.13. The molecule has 3 heteroatoms. The van der Waals surface area contributed by atoms with Crippen molar-refractivity contribution in [3.05, 3.63) is 29.8 Å². The molecule has 0 bridgehead atoms. The van der Waals surface area contributed by atoms with Crippen molar-refractivity contribution in [1.82, 2.24) is 0 Å². The van der Waals surface area contributed by atoms with Crippen LogP contribution in [-0.4, -0.2) is 18.2 Å². The number of carbonyl (C=O) groups is 1. The van der Waals surface area contributed by atoms with E-state index in [1.165, 1.54) is 5.56 Å². The van der Waals surface area contributed by atoms with E-state index in [0.29, 0.717) is 5.92 Å². The molecule has 0 aromatic heterocycles. The molecule has 1 fully saturated rings. The Kier molecular flexibility index (Phi) is 4.24. The van der Waals surface area contributed by atoms with E-state index in [-0.39, 0.29) is 5.92 Å². The molecule has 2 rings (SSSR count). The van der Waals surface area contributed by atoms with Gasteiger partial charge in [0.15, 0.2) is 0 Å². The fourth-order valence-electron chi connectivity index (χ4n) is 2.75. The second-order valence-electron chi connectivity index (χ2n) is 5.11. The van der Waals surface area contributed by atoms with Crippen LogP contribution in [-0.2, 0) is 11.2 Å². The lowest BCUT2D eigenvalue weighted by Gasteiger charge is -2.26. The molecule has 0 spiro atoms. The van der Waals surface area contributed by atoms with Crippen molar-refractivity contribution in [2.75, 3.05) is 7.11 Å². The Morgan fingerprint density at radius 3 is 2.67 bits per heavy atom. The van der Waals surface area contributed by atoms with Crippen molar-refractivity contribution in [3.63, 3.8) is 0 Å². The van der Waals surface area contributed by atoms with Crippen molar-refractivity contribution in [3.8, 4) is 5.75 Å². The monoisotopic (exact) mass is 248 g/mol. The summed E-state index contributed by atoms with van der Waals surface area (Å²) in [4.78, 5) is 10.9. The Labute approximate surface area is 108 Å². The van der Waals surface area contributed by atoms with Crippen LogP contribution in [0.2, 0.25) is 0 Å². The van der Waals surface area contributed by atoms with Crippen LogP contribution in [0.1, 0.15) is 31.2 Å². The van der Waals surface area contributed by atoms with Crippen LogP contribution < -0.4 is 4.74 Å². The fourth-order valence-corrected chi connectivity index (χ4v) is 2.75. The van der Waals surface area contributed by atoms with E-state index in [1.807, 2.05) is 12.1 Å². The van der Waals surface area contributed by atoms with Crippen LogP contribution in [0.3, 0.4) is 0 Å². The molecule has 0 saturated heterocycles. The first-order valence-electron chi connectivity index (χ1n) is 6.54. The minimum atomic E-state index is -0.630. The van der Waals surface area contributed by atoms with Crippen molar-refractivity contribution in [2.45, 2.75) is 32.1 Å². The smallest absolute Gasteiger partial charge is 0.306 e. The highest BCUT2D eigenvalue weighted by atomic mass is 16.5. The normalized spacial score (nSPS) is 23.6. The Morgan fingerprint density at radius 2 is 2.06 bits per heavy atom. The van der Waals surface area contributed by atoms with E-state index in [2.05, 4.69) is 12.1 Å². The summed E-state index contributed by atoms with van der Waals surface area (Å²) in [6.07, 6.45) is 4.72. The molecule has 0 heterocycles. The van der Waals surface area contributed by atoms with Gasteiger partial charge in [-0.15, -0.1) is 0 Å². The third-order valence-electron chi connectivity index (χ3n) is 3.85. The van der Waals surface area contributed by atoms with Crippen molar-refractivity contribution >= 4 is 5.97 Å². The summed E-state index contributed by atoms with van der Waals surface area (Å²) >= 11 is 0. The third-order valence-corrected chi connectivity index (χ3v) is 3.85. The van der Waals surface area contributed by atoms with Gasteiger partial charge in [0.25, 0.3) is 0 Å². The van der Waals surface area contributed by atoms with Gasteiger partial charge in [-0.2, -0.15) is 0 Å². The molecule has 0 amide bonds. The number of methoxy groups -OCH3 is 1. The summed E-state index contributed by atoms with van der Waals surface area (Å²) in [6, 6.07) is 8.15. The maximum Gasteiger partial charge on any atom is 0.306 e. The largest absolute Gasteiger partial charge is 0.497 e. The summed E-state index contributed by atoms with van der Waals surface area (Å²) in [5.41, 5.74) is 1.29. The number of aliphatic carboxylic acids is 1. The highest BCUT2D eigenvalue weighted by Crippen LogP contribution is 2.31. The quantitative estimate of drug-likeness (QED) is 0.890. The van der Waals surface area contributed by atoms with Crippen LogP contribution in [0.5, 0.6) is 5.75 Å². The molecule has 1 N–H and O–H groups in total. The molecule has 18 heavy (non-hydrogen) atoms. The molecule has 1 saturated carbocycles. The molecule has 0 unspecified atom stereocenters. The van der Waals surface area contributed by atoms with E-state index in [1.54, 1.807) is 7.11 Å². The van der Waals surface area contributed by atoms with Crippen LogP contribution in [0, 0.1) is 11.8 Å². The Hall–Kier alpha value is -1.51. The van der Waals surface area contributed by atoms with Gasteiger partial charge in [-0.3, -0.25) is 4.79 Å². The minimum Gasteiger partial charge on any atom is -0.497 e. The molecule has 0 atom stereocenters. The molecular formula is C15H20O3. The van der Waals surface area contributed by atoms with Crippen LogP contribution in [0.25, 0.3) is 0 Å². The van der Waals surface area contributed by atoms with Gasteiger partial charge in [0.05, 0.1) is 13.0 Å².